The van der Waals surface area contributed by atoms with Gasteiger partial charge in [0.15, 0.2) is 0 Å². The van der Waals surface area contributed by atoms with Crippen LogP contribution < -0.4 is 0 Å². The average Bonchev–Trinajstić information content (AvgIpc) is 2.98. The summed E-state index contributed by atoms with van der Waals surface area (Å²) in [6, 6.07) is 5.83. The van der Waals surface area contributed by atoms with Gasteiger partial charge in [-0.05, 0) is 67.7 Å². The first kappa shape index (κ1) is 14.8. The third-order valence-corrected chi connectivity index (χ3v) is 5.58. The molecule has 2 aliphatic rings. The largest absolute Gasteiger partial charge is 0.465 e. The molecule has 1 aromatic carbocycles. The number of aromatic nitrogens is 1. The molecule has 4 nitrogen and oxygen atoms in total. The van der Waals surface area contributed by atoms with E-state index in [1.165, 1.54) is 43.0 Å². The quantitative estimate of drug-likeness (QED) is 0.864. The Hall–Kier alpha value is -1.81. The molecular formula is C19H23NO3. The molecule has 2 aromatic rings. The third-order valence-electron chi connectivity index (χ3n) is 5.58. The van der Waals surface area contributed by atoms with Gasteiger partial charge in [0, 0.05) is 29.8 Å². The lowest BCUT2D eigenvalue weighted by molar-refractivity contribution is 0.0439. The molecule has 2 heterocycles. The van der Waals surface area contributed by atoms with E-state index in [1.54, 1.807) is 0 Å². The summed E-state index contributed by atoms with van der Waals surface area (Å²) in [7, 11) is 1.43. The van der Waals surface area contributed by atoms with Crippen LogP contribution in [0.2, 0.25) is 0 Å². The van der Waals surface area contributed by atoms with Crippen LogP contribution in [-0.4, -0.2) is 31.3 Å². The minimum absolute atomic E-state index is 0.265. The molecule has 1 aromatic heterocycles. The maximum Gasteiger partial charge on any atom is 0.337 e. The molecule has 0 saturated carbocycles. The van der Waals surface area contributed by atoms with E-state index < -0.39 is 0 Å². The summed E-state index contributed by atoms with van der Waals surface area (Å²) >= 11 is 0. The minimum Gasteiger partial charge on any atom is -0.465 e. The Kier molecular flexibility index (Phi) is 3.85. The highest BCUT2D eigenvalue weighted by molar-refractivity contribution is 5.96. The monoisotopic (exact) mass is 313 g/mol. The number of carbonyl (C=O) groups excluding carboxylic acids is 1. The van der Waals surface area contributed by atoms with Gasteiger partial charge < -0.3 is 14.5 Å². The molecule has 122 valence electrons. The summed E-state index contributed by atoms with van der Waals surface area (Å²) < 4.78 is 10.4. The lowest BCUT2D eigenvalue weighted by Gasteiger charge is -2.33. The molecule has 1 unspecified atom stereocenters. The second-order valence-electron chi connectivity index (χ2n) is 6.79. The number of methoxy groups -OCH3 is 1. The first-order valence-corrected chi connectivity index (χ1v) is 8.56. The molecule has 0 bridgehead atoms. The van der Waals surface area contributed by atoms with E-state index in [4.69, 9.17) is 9.47 Å². The van der Waals surface area contributed by atoms with Gasteiger partial charge in [-0.1, -0.05) is 0 Å². The van der Waals surface area contributed by atoms with Crippen molar-refractivity contribution in [3.05, 3.63) is 35.0 Å². The van der Waals surface area contributed by atoms with Crippen molar-refractivity contribution in [1.82, 2.24) is 4.98 Å². The minimum atomic E-state index is -0.265. The van der Waals surface area contributed by atoms with Crippen molar-refractivity contribution < 1.29 is 14.3 Å². The fourth-order valence-electron chi connectivity index (χ4n) is 4.28. The molecule has 1 N–H and O–H groups in total. The van der Waals surface area contributed by atoms with Gasteiger partial charge in [-0.15, -0.1) is 0 Å². The number of nitrogens with one attached hydrogen (secondary N) is 1. The predicted molar refractivity (Wildman–Crippen MR) is 88.7 cm³/mol. The number of rotatable bonds is 2. The number of aromatic amines is 1. The standard InChI is InChI=1S/C19H23NO3/c1-22-19(21)14-3-5-18-16(11-14)15-10-13(2-4-17(15)20-18)12-6-8-23-9-7-12/h3,5,11-13,20H,2,4,6-10H2,1H3. The lowest BCUT2D eigenvalue weighted by atomic mass is 9.75. The van der Waals surface area contributed by atoms with Gasteiger partial charge >= 0.3 is 5.97 Å². The van der Waals surface area contributed by atoms with Crippen molar-refractivity contribution in [1.29, 1.82) is 0 Å². The fourth-order valence-corrected chi connectivity index (χ4v) is 4.28. The number of hydrogen-bond donors (Lipinski definition) is 1. The van der Waals surface area contributed by atoms with Crippen LogP contribution in [0.4, 0.5) is 0 Å². The van der Waals surface area contributed by atoms with Crippen molar-refractivity contribution in [2.45, 2.75) is 32.1 Å². The predicted octanol–water partition coefficient (Wildman–Crippen LogP) is 3.49. The summed E-state index contributed by atoms with van der Waals surface area (Å²) in [6.07, 6.45) is 5.87. The van der Waals surface area contributed by atoms with Gasteiger partial charge in [-0.3, -0.25) is 0 Å². The molecule has 1 atom stereocenters. The number of H-pyrrole nitrogens is 1. The van der Waals surface area contributed by atoms with Crippen LogP contribution in [0.5, 0.6) is 0 Å². The maximum absolute atomic E-state index is 11.8. The van der Waals surface area contributed by atoms with Crippen LogP contribution in [0, 0.1) is 11.8 Å². The fraction of sp³-hybridized carbons (Fsp3) is 0.526. The Labute approximate surface area is 136 Å². The second-order valence-corrected chi connectivity index (χ2v) is 6.79. The highest BCUT2D eigenvalue weighted by Crippen LogP contribution is 2.38. The van der Waals surface area contributed by atoms with E-state index in [-0.39, 0.29) is 5.97 Å². The highest BCUT2D eigenvalue weighted by atomic mass is 16.5. The van der Waals surface area contributed by atoms with Gasteiger partial charge in [-0.25, -0.2) is 4.79 Å². The van der Waals surface area contributed by atoms with Crippen LogP contribution in [0.3, 0.4) is 0 Å². The normalized spacial score (nSPS) is 22.0. The Balaban J connectivity index is 1.67. The smallest absolute Gasteiger partial charge is 0.337 e. The van der Waals surface area contributed by atoms with E-state index in [0.29, 0.717) is 5.56 Å². The number of hydrogen-bond acceptors (Lipinski definition) is 3. The molecule has 1 saturated heterocycles. The van der Waals surface area contributed by atoms with Crippen molar-refractivity contribution in [2.24, 2.45) is 11.8 Å². The van der Waals surface area contributed by atoms with Gasteiger partial charge in [0.2, 0.25) is 0 Å². The molecule has 23 heavy (non-hydrogen) atoms. The Bertz CT molecular complexity index is 728. The number of benzene rings is 1. The van der Waals surface area contributed by atoms with Gasteiger partial charge in [0.05, 0.1) is 12.7 Å². The third kappa shape index (κ3) is 2.65. The van der Waals surface area contributed by atoms with E-state index in [1.807, 2.05) is 18.2 Å². The highest BCUT2D eigenvalue weighted by Gasteiger charge is 2.29. The topological polar surface area (TPSA) is 51.3 Å². The molecule has 1 aliphatic carbocycles. The van der Waals surface area contributed by atoms with Crippen LogP contribution >= 0.6 is 0 Å². The summed E-state index contributed by atoms with van der Waals surface area (Å²) in [5.74, 6) is 1.26. The Morgan fingerprint density at radius 3 is 2.83 bits per heavy atom. The van der Waals surface area contributed by atoms with Gasteiger partial charge in [0.1, 0.15) is 0 Å². The zero-order chi connectivity index (χ0) is 15.8. The average molecular weight is 313 g/mol. The van der Waals surface area contributed by atoms with Crippen molar-refractivity contribution in [3.8, 4) is 0 Å². The molecule has 4 heteroatoms. The van der Waals surface area contributed by atoms with Crippen LogP contribution in [0.15, 0.2) is 18.2 Å². The summed E-state index contributed by atoms with van der Waals surface area (Å²) in [6.45, 7) is 1.82. The molecule has 0 radical (unpaired) electrons. The zero-order valence-electron chi connectivity index (χ0n) is 13.6. The number of esters is 1. The molecule has 0 amide bonds. The lowest BCUT2D eigenvalue weighted by Crippen LogP contribution is -2.27. The van der Waals surface area contributed by atoms with Gasteiger partial charge in [0.25, 0.3) is 0 Å². The number of carbonyl (C=O) groups is 1. The van der Waals surface area contributed by atoms with E-state index >= 15 is 0 Å². The van der Waals surface area contributed by atoms with Crippen LogP contribution in [0.1, 0.15) is 40.9 Å². The Morgan fingerprint density at radius 1 is 1.22 bits per heavy atom. The molecule has 1 aliphatic heterocycles. The summed E-state index contributed by atoms with van der Waals surface area (Å²) in [4.78, 5) is 15.4. The van der Waals surface area contributed by atoms with Crippen molar-refractivity contribution in [2.75, 3.05) is 20.3 Å². The zero-order valence-corrected chi connectivity index (χ0v) is 13.6. The first-order chi connectivity index (χ1) is 11.3. The summed E-state index contributed by atoms with van der Waals surface area (Å²) in [5, 5.41) is 1.19. The number of fused-ring (bicyclic) bond motifs is 3. The molecule has 4 rings (SSSR count). The van der Waals surface area contributed by atoms with Crippen LogP contribution in [0.25, 0.3) is 10.9 Å². The first-order valence-electron chi connectivity index (χ1n) is 8.56. The Morgan fingerprint density at radius 2 is 2.04 bits per heavy atom. The van der Waals surface area contributed by atoms with E-state index in [2.05, 4.69) is 4.98 Å². The maximum atomic E-state index is 11.8. The SMILES string of the molecule is COC(=O)c1ccc2[nH]c3c(c2c1)CC(C1CCOCC1)CC3. The second kappa shape index (κ2) is 6.00. The van der Waals surface area contributed by atoms with Crippen LogP contribution in [-0.2, 0) is 22.3 Å². The van der Waals surface area contributed by atoms with Crippen molar-refractivity contribution >= 4 is 16.9 Å². The number of aryl methyl sites for hydroxylation is 1. The molecule has 0 spiro atoms. The molecular weight excluding hydrogens is 290 g/mol. The number of ether oxygens (including phenoxy) is 2. The summed E-state index contributed by atoms with van der Waals surface area (Å²) in [5.41, 5.74) is 4.53. The molecule has 1 fully saturated rings. The van der Waals surface area contributed by atoms with Gasteiger partial charge in [-0.2, -0.15) is 0 Å². The van der Waals surface area contributed by atoms with E-state index in [0.717, 1.165) is 43.4 Å². The van der Waals surface area contributed by atoms with E-state index in [9.17, 15) is 4.79 Å². The van der Waals surface area contributed by atoms with Crippen molar-refractivity contribution in [3.63, 3.8) is 0 Å².